The predicted molar refractivity (Wildman–Crippen MR) is 100 cm³/mol. The van der Waals surface area contributed by atoms with Crippen molar-refractivity contribution in [2.24, 2.45) is 0 Å². The molecule has 0 unspecified atom stereocenters. The van der Waals surface area contributed by atoms with E-state index in [1.54, 1.807) is 0 Å². The summed E-state index contributed by atoms with van der Waals surface area (Å²) in [6, 6.07) is 15.6. The average Bonchev–Trinajstić information content (AvgIpc) is 2.60. The summed E-state index contributed by atoms with van der Waals surface area (Å²) < 4.78 is 11.2. The molecule has 0 bridgehead atoms. The molecule has 1 amide bonds. The molecule has 1 N–H and O–H groups in total. The summed E-state index contributed by atoms with van der Waals surface area (Å²) in [6.45, 7) is 8.63. The van der Waals surface area contributed by atoms with Crippen molar-refractivity contribution >= 4 is 5.91 Å². The molecular weight excluding hydrogens is 314 g/mol. The van der Waals surface area contributed by atoms with Crippen LogP contribution in [0.2, 0.25) is 0 Å². The lowest BCUT2D eigenvalue weighted by Gasteiger charge is -2.15. The number of carbonyl (C=O) groups is 1. The van der Waals surface area contributed by atoms with Crippen molar-refractivity contribution in [3.63, 3.8) is 0 Å². The van der Waals surface area contributed by atoms with Crippen molar-refractivity contribution in [1.82, 2.24) is 5.32 Å². The van der Waals surface area contributed by atoms with Crippen LogP contribution in [0.5, 0.6) is 11.5 Å². The van der Waals surface area contributed by atoms with Crippen LogP contribution < -0.4 is 14.8 Å². The molecule has 0 spiro atoms. The molecule has 4 heteroatoms. The van der Waals surface area contributed by atoms with E-state index >= 15 is 0 Å². The first-order valence-electron chi connectivity index (χ1n) is 8.65. The molecule has 0 heterocycles. The van der Waals surface area contributed by atoms with E-state index in [1.165, 1.54) is 11.1 Å². The van der Waals surface area contributed by atoms with E-state index < -0.39 is 0 Å². The Morgan fingerprint density at radius 2 is 1.48 bits per heavy atom. The Kier molecular flexibility index (Phi) is 6.87. The Morgan fingerprint density at radius 3 is 2.08 bits per heavy atom. The smallest absolute Gasteiger partial charge is 0.258 e. The van der Waals surface area contributed by atoms with E-state index in [0.29, 0.717) is 18.3 Å². The van der Waals surface area contributed by atoms with Gasteiger partial charge >= 0.3 is 0 Å². The summed E-state index contributed by atoms with van der Waals surface area (Å²) in [4.78, 5) is 12.0. The largest absolute Gasteiger partial charge is 0.491 e. The van der Waals surface area contributed by atoms with E-state index in [-0.39, 0.29) is 18.6 Å². The van der Waals surface area contributed by atoms with Gasteiger partial charge in [-0.2, -0.15) is 0 Å². The van der Waals surface area contributed by atoms with Gasteiger partial charge in [-0.25, -0.2) is 0 Å². The third kappa shape index (κ3) is 6.49. The van der Waals surface area contributed by atoms with Gasteiger partial charge in [0.15, 0.2) is 6.61 Å². The zero-order valence-corrected chi connectivity index (χ0v) is 15.4. The topological polar surface area (TPSA) is 47.6 Å². The number of ether oxygens (including phenoxy) is 2. The first-order valence-corrected chi connectivity index (χ1v) is 8.65. The van der Waals surface area contributed by atoms with Gasteiger partial charge in [0.25, 0.3) is 5.91 Å². The standard InChI is InChI=1S/C21H27NO3/c1-15(2)18-7-11-20(12-8-18)25-14-21(23)22-17(4)13-24-19-9-5-16(3)6-10-19/h5-12,15,17H,13-14H2,1-4H3,(H,22,23)/t17-/m0/s1. The van der Waals surface area contributed by atoms with Crippen molar-refractivity contribution in [3.05, 3.63) is 59.7 Å². The highest BCUT2D eigenvalue weighted by Crippen LogP contribution is 2.18. The van der Waals surface area contributed by atoms with Crippen LogP contribution in [0.25, 0.3) is 0 Å². The molecule has 2 aromatic rings. The Bertz CT molecular complexity index is 663. The maximum atomic E-state index is 12.0. The Labute approximate surface area is 150 Å². The lowest BCUT2D eigenvalue weighted by Crippen LogP contribution is -2.39. The normalized spacial score (nSPS) is 11.9. The number of nitrogens with one attached hydrogen (secondary N) is 1. The fourth-order valence-electron chi connectivity index (χ4n) is 2.31. The van der Waals surface area contributed by atoms with Crippen molar-refractivity contribution in [3.8, 4) is 11.5 Å². The Hall–Kier alpha value is -2.49. The van der Waals surface area contributed by atoms with Crippen molar-refractivity contribution in [2.75, 3.05) is 13.2 Å². The lowest BCUT2D eigenvalue weighted by atomic mass is 10.0. The molecule has 0 radical (unpaired) electrons. The number of hydrogen-bond donors (Lipinski definition) is 1. The summed E-state index contributed by atoms with van der Waals surface area (Å²) in [5.41, 5.74) is 2.44. The van der Waals surface area contributed by atoms with Gasteiger partial charge in [0.1, 0.15) is 18.1 Å². The molecule has 0 saturated carbocycles. The summed E-state index contributed by atoms with van der Waals surface area (Å²) in [5, 5.41) is 2.87. The number of benzene rings is 2. The molecule has 0 saturated heterocycles. The molecule has 4 nitrogen and oxygen atoms in total. The highest BCUT2D eigenvalue weighted by molar-refractivity contribution is 5.77. The minimum Gasteiger partial charge on any atom is -0.491 e. The highest BCUT2D eigenvalue weighted by atomic mass is 16.5. The van der Waals surface area contributed by atoms with Gasteiger partial charge in [0.05, 0.1) is 6.04 Å². The molecule has 25 heavy (non-hydrogen) atoms. The van der Waals surface area contributed by atoms with Gasteiger partial charge in [0, 0.05) is 0 Å². The van der Waals surface area contributed by atoms with E-state index in [2.05, 4.69) is 19.2 Å². The number of aryl methyl sites for hydroxylation is 1. The summed E-state index contributed by atoms with van der Waals surface area (Å²) in [6.07, 6.45) is 0. The number of amides is 1. The van der Waals surface area contributed by atoms with Crippen LogP contribution in [0.1, 0.15) is 37.8 Å². The molecular formula is C21H27NO3. The quantitative estimate of drug-likeness (QED) is 0.787. The predicted octanol–water partition coefficient (Wildman–Crippen LogP) is 4.08. The van der Waals surface area contributed by atoms with Crippen LogP contribution in [-0.2, 0) is 4.79 Å². The molecule has 0 aliphatic carbocycles. The molecule has 0 fully saturated rings. The minimum absolute atomic E-state index is 0.00407. The molecule has 0 aliphatic rings. The average molecular weight is 341 g/mol. The molecule has 2 aromatic carbocycles. The SMILES string of the molecule is Cc1ccc(OC[C@H](C)NC(=O)COc2ccc(C(C)C)cc2)cc1. The third-order valence-corrected chi connectivity index (χ3v) is 3.85. The number of carbonyl (C=O) groups excluding carboxylic acids is 1. The fraction of sp³-hybridized carbons (Fsp3) is 0.381. The second kappa shape index (κ2) is 9.11. The second-order valence-electron chi connectivity index (χ2n) is 6.61. The van der Waals surface area contributed by atoms with Gasteiger partial charge in [-0.1, -0.05) is 43.7 Å². The monoisotopic (exact) mass is 341 g/mol. The second-order valence-corrected chi connectivity index (χ2v) is 6.61. The van der Waals surface area contributed by atoms with Crippen molar-refractivity contribution in [1.29, 1.82) is 0 Å². The van der Waals surface area contributed by atoms with Crippen molar-refractivity contribution < 1.29 is 14.3 Å². The van der Waals surface area contributed by atoms with Crippen LogP contribution >= 0.6 is 0 Å². The third-order valence-electron chi connectivity index (χ3n) is 3.85. The number of rotatable bonds is 8. The van der Waals surface area contributed by atoms with Crippen molar-refractivity contribution in [2.45, 2.75) is 39.7 Å². The minimum atomic E-state index is -0.159. The molecule has 0 aliphatic heterocycles. The van der Waals surface area contributed by atoms with E-state index in [1.807, 2.05) is 62.4 Å². The Balaban J connectivity index is 1.71. The van der Waals surface area contributed by atoms with E-state index in [9.17, 15) is 4.79 Å². The molecule has 0 aromatic heterocycles. The van der Waals surface area contributed by atoms with Gasteiger partial charge < -0.3 is 14.8 Å². The van der Waals surface area contributed by atoms with Crippen LogP contribution in [0.4, 0.5) is 0 Å². The molecule has 134 valence electrons. The fourth-order valence-corrected chi connectivity index (χ4v) is 2.31. The van der Waals surface area contributed by atoms with E-state index in [0.717, 1.165) is 5.75 Å². The van der Waals surface area contributed by atoms with Crippen LogP contribution in [0.15, 0.2) is 48.5 Å². The maximum Gasteiger partial charge on any atom is 0.258 e. The van der Waals surface area contributed by atoms with Crippen LogP contribution in [0, 0.1) is 6.92 Å². The van der Waals surface area contributed by atoms with Gasteiger partial charge in [-0.05, 0) is 49.6 Å². The zero-order valence-electron chi connectivity index (χ0n) is 15.4. The zero-order chi connectivity index (χ0) is 18.2. The van der Waals surface area contributed by atoms with Gasteiger partial charge in [0.2, 0.25) is 0 Å². The van der Waals surface area contributed by atoms with Crippen LogP contribution in [0.3, 0.4) is 0 Å². The number of hydrogen-bond acceptors (Lipinski definition) is 3. The molecule has 1 atom stereocenters. The first kappa shape index (κ1) is 18.8. The van der Waals surface area contributed by atoms with Gasteiger partial charge in [-0.15, -0.1) is 0 Å². The summed E-state index contributed by atoms with van der Waals surface area (Å²) >= 11 is 0. The Morgan fingerprint density at radius 1 is 0.920 bits per heavy atom. The maximum absolute atomic E-state index is 12.0. The van der Waals surface area contributed by atoms with Gasteiger partial charge in [-0.3, -0.25) is 4.79 Å². The highest BCUT2D eigenvalue weighted by Gasteiger charge is 2.09. The first-order chi connectivity index (χ1) is 11.9. The van der Waals surface area contributed by atoms with Crippen LogP contribution in [-0.4, -0.2) is 25.2 Å². The summed E-state index contributed by atoms with van der Waals surface area (Å²) in [5.74, 6) is 1.82. The summed E-state index contributed by atoms with van der Waals surface area (Å²) in [7, 11) is 0. The molecule has 2 rings (SSSR count). The lowest BCUT2D eigenvalue weighted by molar-refractivity contribution is -0.123. The van der Waals surface area contributed by atoms with E-state index in [4.69, 9.17) is 9.47 Å².